The van der Waals surface area contributed by atoms with E-state index in [9.17, 15) is 14.9 Å². The van der Waals surface area contributed by atoms with Crippen LogP contribution in [0, 0.1) is 10.1 Å². The molecule has 7 nitrogen and oxygen atoms in total. The normalized spacial score (nSPS) is 16.2. The molecule has 0 radical (unpaired) electrons. The molecule has 1 fully saturated rings. The average molecular weight is 292 g/mol. The molecule has 21 heavy (non-hydrogen) atoms. The molecular formula is C14H20N4O3. The van der Waals surface area contributed by atoms with Crippen molar-refractivity contribution in [1.29, 1.82) is 0 Å². The first-order chi connectivity index (χ1) is 10.1. The fraction of sp³-hybridized carbons (Fsp3) is 0.500. The van der Waals surface area contributed by atoms with Crippen LogP contribution in [0.5, 0.6) is 0 Å². The summed E-state index contributed by atoms with van der Waals surface area (Å²) in [5.41, 5.74) is 0.911. The predicted octanol–water partition coefficient (Wildman–Crippen LogP) is 0.506. The van der Waals surface area contributed by atoms with E-state index in [4.69, 9.17) is 0 Å². The van der Waals surface area contributed by atoms with Crippen molar-refractivity contribution in [2.24, 2.45) is 0 Å². The quantitative estimate of drug-likeness (QED) is 0.610. The Hall–Kier alpha value is -1.99. The molecule has 1 aliphatic heterocycles. The highest BCUT2D eigenvalue weighted by molar-refractivity contribution is 5.78. The molecular weight excluding hydrogens is 272 g/mol. The third-order valence-corrected chi connectivity index (χ3v) is 3.44. The minimum Gasteiger partial charge on any atom is -0.351 e. The van der Waals surface area contributed by atoms with E-state index in [-0.39, 0.29) is 11.6 Å². The number of benzene rings is 1. The van der Waals surface area contributed by atoms with Crippen LogP contribution in [0.3, 0.4) is 0 Å². The molecule has 1 aromatic carbocycles. The van der Waals surface area contributed by atoms with Crippen molar-refractivity contribution in [2.75, 3.05) is 32.7 Å². The van der Waals surface area contributed by atoms with Gasteiger partial charge in [0.1, 0.15) is 0 Å². The summed E-state index contributed by atoms with van der Waals surface area (Å²) < 4.78 is 0. The van der Waals surface area contributed by atoms with Crippen LogP contribution in [0.15, 0.2) is 24.3 Å². The monoisotopic (exact) mass is 292 g/mol. The Labute approximate surface area is 123 Å². The van der Waals surface area contributed by atoms with E-state index in [0.717, 1.165) is 38.2 Å². The first-order valence-corrected chi connectivity index (χ1v) is 7.08. The second kappa shape index (κ2) is 7.70. The zero-order valence-electron chi connectivity index (χ0n) is 11.9. The summed E-state index contributed by atoms with van der Waals surface area (Å²) >= 11 is 0. The summed E-state index contributed by atoms with van der Waals surface area (Å²) in [5.74, 6) is -0.0183. The van der Waals surface area contributed by atoms with Crippen LogP contribution in [0.2, 0.25) is 0 Å². The molecule has 1 amide bonds. The summed E-state index contributed by atoms with van der Waals surface area (Å²) in [6, 6.07) is 6.21. The van der Waals surface area contributed by atoms with Crippen LogP contribution >= 0.6 is 0 Å². The van der Waals surface area contributed by atoms with Crippen LogP contribution < -0.4 is 10.6 Å². The van der Waals surface area contributed by atoms with Crippen LogP contribution in [0.1, 0.15) is 12.0 Å². The molecule has 0 aliphatic carbocycles. The summed E-state index contributed by atoms with van der Waals surface area (Å²) in [4.78, 5) is 24.1. The minimum atomic E-state index is -0.435. The van der Waals surface area contributed by atoms with E-state index in [1.165, 1.54) is 12.1 Å². The van der Waals surface area contributed by atoms with Gasteiger partial charge in [-0.1, -0.05) is 12.1 Å². The number of nitrogens with zero attached hydrogens (tertiary/aromatic N) is 2. The number of hydrogen-bond donors (Lipinski definition) is 2. The molecule has 1 saturated heterocycles. The van der Waals surface area contributed by atoms with E-state index in [0.29, 0.717) is 13.1 Å². The molecule has 0 unspecified atom stereocenters. The lowest BCUT2D eigenvalue weighted by atomic mass is 10.2. The van der Waals surface area contributed by atoms with Crippen LogP contribution in [-0.4, -0.2) is 48.5 Å². The highest BCUT2D eigenvalue weighted by atomic mass is 16.6. The van der Waals surface area contributed by atoms with Gasteiger partial charge in [0, 0.05) is 31.8 Å². The molecule has 114 valence electrons. The Morgan fingerprint density at radius 3 is 2.76 bits per heavy atom. The number of nitro groups is 1. The molecule has 0 bridgehead atoms. The maximum atomic E-state index is 11.9. The Balaban J connectivity index is 1.76. The van der Waals surface area contributed by atoms with Crippen molar-refractivity contribution in [3.63, 3.8) is 0 Å². The third kappa shape index (κ3) is 5.13. The molecule has 0 atom stereocenters. The van der Waals surface area contributed by atoms with Crippen molar-refractivity contribution in [2.45, 2.75) is 13.0 Å². The van der Waals surface area contributed by atoms with Gasteiger partial charge in [0.25, 0.3) is 5.69 Å². The molecule has 0 saturated carbocycles. The number of non-ortho nitro benzene ring substituents is 1. The standard InChI is InChI=1S/C14H20N4O3/c19-14(11-17-8-1-6-15-7-9-17)16-10-12-2-4-13(5-3-12)18(20)21/h2-5,15H,1,6-11H2,(H,16,19). The van der Waals surface area contributed by atoms with Gasteiger partial charge in [-0.3, -0.25) is 19.8 Å². The van der Waals surface area contributed by atoms with E-state index < -0.39 is 4.92 Å². The second-order valence-corrected chi connectivity index (χ2v) is 5.08. The minimum absolute atomic E-state index is 0.0183. The Kier molecular flexibility index (Phi) is 5.65. The van der Waals surface area contributed by atoms with Gasteiger partial charge in [0.05, 0.1) is 11.5 Å². The van der Waals surface area contributed by atoms with Gasteiger partial charge in [-0.15, -0.1) is 0 Å². The molecule has 0 aromatic heterocycles. The highest BCUT2D eigenvalue weighted by Gasteiger charge is 2.12. The van der Waals surface area contributed by atoms with E-state index >= 15 is 0 Å². The molecule has 2 N–H and O–H groups in total. The number of carbonyl (C=O) groups excluding carboxylic acids is 1. The molecule has 2 rings (SSSR count). The Morgan fingerprint density at radius 2 is 2.05 bits per heavy atom. The number of rotatable bonds is 5. The molecule has 1 aromatic rings. The van der Waals surface area contributed by atoms with Gasteiger partial charge in [-0.2, -0.15) is 0 Å². The summed E-state index contributed by atoms with van der Waals surface area (Å²) in [6.07, 6.45) is 1.05. The van der Waals surface area contributed by atoms with E-state index in [1.54, 1.807) is 12.1 Å². The van der Waals surface area contributed by atoms with Gasteiger partial charge in [0.2, 0.25) is 5.91 Å². The third-order valence-electron chi connectivity index (χ3n) is 3.44. The number of nitrogens with one attached hydrogen (secondary N) is 2. The topological polar surface area (TPSA) is 87.5 Å². The fourth-order valence-corrected chi connectivity index (χ4v) is 2.25. The van der Waals surface area contributed by atoms with Crippen LogP contribution in [-0.2, 0) is 11.3 Å². The molecule has 1 heterocycles. The summed E-state index contributed by atoms with van der Waals surface area (Å²) in [7, 11) is 0. The van der Waals surface area contributed by atoms with Gasteiger partial charge in [-0.05, 0) is 25.1 Å². The lowest BCUT2D eigenvalue weighted by molar-refractivity contribution is -0.384. The lowest BCUT2D eigenvalue weighted by Gasteiger charge is -2.18. The summed E-state index contributed by atoms with van der Waals surface area (Å²) in [5, 5.41) is 16.7. The Morgan fingerprint density at radius 1 is 1.29 bits per heavy atom. The molecule has 0 spiro atoms. The molecule has 7 heteroatoms. The van der Waals surface area contributed by atoms with Crippen molar-refractivity contribution < 1.29 is 9.72 Å². The number of carbonyl (C=O) groups is 1. The smallest absolute Gasteiger partial charge is 0.269 e. The van der Waals surface area contributed by atoms with Crippen molar-refractivity contribution >= 4 is 11.6 Å². The maximum absolute atomic E-state index is 11.9. The van der Waals surface area contributed by atoms with E-state index in [1.807, 2.05) is 0 Å². The van der Waals surface area contributed by atoms with Crippen molar-refractivity contribution in [3.8, 4) is 0 Å². The predicted molar refractivity (Wildman–Crippen MR) is 78.9 cm³/mol. The maximum Gasteiger partial charge on any atom is 0.269 e. The number of hydrogen-bond acceptors (Lipinski definition) is 5. The van der Waals surface area contributed by atoms with E-state index in [2.05, 4.69) is 15.5 Å². The van der Waals surface area contributed by atoms with Crippen molar-refractivity contribution in [1.82, 2.24) is 15.5 Å². The number of nitro benzene ring substituents is 1. The second-order valence-electron chi connectivity index (χ2n) is 5.08. The fourth-order valence-electron chi connectivity index (χ4n) is 2.25. The zero-order chi connectivity index (χ0) is 15.1. The summed E-state index contributed by atoms with van der Waals surface area (Å²) in [6.45, 7) is 4.51. The largest absolute Gasteiger partial charge is 0.351 e. The first-order valence-electron chi connectivity index (χ1n) is 7.08. The first kappa shape index (κ1) is 15.4. The average Bonchev–Trinajstić information content (AvgIpc) is 2.74. The lowest BCUT2D eigenvalue weighted by Crippen LogP contribution is -2.38. The van der Waals surface area contributed by atoms with Gasteiger partial charge < -0.3 is 10.6 Å². The van der Waals surface area contributed by atoms with Crippen LogP contribution in [0.25, 0.3) is 0 Å². The number of amides is 1. The zero-order valence-corrected chi connectivity index (χ0v) is 11.9. The van der Waals surface area contributed by atoms with Gasteiger partial charge >= 0.3 is 0 Å². The van der Waals surface area contributed by atoms with Gasteiger partial charge in [-0.25, -0.2) is 0 Å². The SMILES string of the molecule is O=C(CN1CCCNCC1)NCc1ccc([N+](=O)[O-])cc1. The molecule has 1 aliphatic rings. The highest BCUT2D eigenvalue weighted by Crippen LogP contribution is 2.11. The van der Waals surface area contributed by atoms with Gasteiger partial charge in [0.15, 0.2) is 0 Å². The Bertz CT molecular complexity index is 481. The van der Waals surface area contributed by atoms with Crippen LogP contribution in [0.4, 0.5) is 5.69 Å². The van der Waals surface area contributed by atoms with Crippen molar-refractivity contribution in [3.05, 3.63) is 39.9 Å².